The van der Waals surface area contributed by atoms with Crippen molar-refractivity contribution in [2.75, 3.05) is 0 Å². The first-order valence-electron chi connectivity index (χ1n) is 9.09. The molecule has 0 saturated carbocycles. The van der Waals surface area contributed by atoms with Crippen molar-refractivity contribution in [2.24, 2.45) is 0 Å². The van der Waals surface area contributed by atoms with Crippen LogP contribution in [0.3, 0.4) is 0 Å². The van der Waals surface area contributed by atoms with Gasteiger partial charge in [-0.15, -0.1) is 0 Å². The Labute approximate surface area is 164 Å². The van der Waals surface area contributed by atoms with Gasteiger partial charge in [-0.1, -0.05) is 42.0 Å². The van der Waals surface area contributed by atoms with Gasteiger partial charge in [0.05, 0.1) is 10.9 Å². The van der Waals surface area contributed by atoms with Gasteiger partial charge >= 0.3 is 0 Å². The second-order valence-electron chi connectivity index (χ2n) is 7.10. The minimum absolute atomic E-state index is 0.00824. The largest absolute Gasteiger partial charge is 0.507 e. The lowest BCUT2D eigenvalue weighted by atomic mass is 9.94. The van der Waals surface area contributed by atoms with E-state index in [0.29, 0.717) is 16.4 Å². The van der Waals surface area contributed by atoms with E-state index in [1.807, 2.05) is 25.1 Å². The predicted molar refractivity (Wildman–Crippen MR) is 113 cm³/mol. The van der Waals surface area contributed by atoms with Crippen LogP contribution < -0.4 is 5.43 Å². The second kappa shape index (κ2) is 6.01. The molecule has 0 aliphatic carbocycles. The summed E-state index contributed by atoms with van der Waals surface area (Å²) in [6.45, 7) is 1.86. The monoisotopic (exact) mass is 384 g/mol. The lowest BCUT2D eigenvalue weighted by Crippen LogP contribution is -2.03. The molecule has 5 aromatic rings. The number of phenolic OH excluding ortho intramolecular Hbond substituents is 3. The van der Waals surface area contributed by atoms with E-state index in [1.165, 1.54) is 12.1 Å². The third-order valence-corrected chi connectivity index (χ3v) is 5.23. The molecule has 0 saturated heterocycles. The van der Waals surface area contributed by atoms with Gasteiger partial charge in [-0.25, -0.2) is 0 Å². The van der Waals surface area contributed by atoms with Crippen LogP contribution in [-0.4, -0.2) is 15.3 Å². The maximum atomic E-state index is 13.1. The zero-order valence-corrected chi connectivity index (χ0v) is 15.4. The van der Waals surface area contributed by atoms with Crippen molar-refractivity contribution >= 4 is 32.7 Å². The van der Waals surface area contributed by atoms with Crippen molar-refractivity contribution in [3.05, 3.63) is 76.5 Å². The van der Waals surface area contributed by atoms with Crippen LogP contribution in [0.1, 0.15) is 5.56 Å². The van der Waals surface area contributed by atoms with Crippen molar-refractivity contribution in [2.45, 2.75) is 6.92 Å². The number of hydrogen-bond donors (Lipinski definition) is 3. The highest BCUT2D eigenvalue weighted by Gasteiger charge is 2.23. The van der Waals surface area contributed by atoms with Crippen molar-refractivity contribution in [3.8, 4) is 28.4 Å². The van der Waals surface area contributed by atoms with Gasteiger partial charge in [0.2, 0.25) is 5.43 Å². The van der Waals surface area contributed by atoms with Gasteiger partial charge in [-0.05, 0) is 35.9 Å². The molecule has 4 aromatic carbocycles. The van der Waals surface area contributed by atoms with Crippen LogP contribution in [0.25, 0.3) is 43.8 Å². The van der Waals surface area contributed by atoms with E-state index in [9.17, 15) is 20.1 Å². The van der Waals surface area contributed by atoms with Crippen molar-refractivity contribution < 1.29 is 19.7 Å². The molecule has 0 amide bonds. The summed E-state index contributed by atoms with van der Waals surface area (Å²) >= 11 is 0. The Morgan fingerprint density at radius 3 is 2.38 bits per heavy atom. The van der Waals surface area contributed by atoms with E-state index in [1.54, 1.807) is 30.3 Å². The quantitative estimate of drug-likeness (QED) is 0.346. The summed E-state index contributed by atoms with van der Waals surface area (Å²) < 4.78 is 5.77. The molecule has 0 spiro atoms. The molecular formula is C24H16O5. The lowest BCUT2D eigenvalue weighted by molar-refractivity contribution is 0.452. The van der Waals surface area contributed by atoms with E-state index in [-0.39, 0.29) is 33.6 Å². The standard InChI is InChI=1S/C24H16O5/c1-12-6-9-18-15(10-12)23(27)22-19(29-18)11-17(26)21(24(22)28)20-14-5-3-2-4-13(14)7-8-16(20)25/h2-11,25-26,28H,1H3. The molecule has 5 rings (SSSR count). The fourth-order valence-electron chi connectivity index (χ4n) is 3.86. The van der Waals surface area contributed by atoms with Gasteiger partial charge in [-0.3, -0.25) is 4.79 Å². The van der Waals surface area contributed by atoms with E-state index in [4.69, 9.17) is 4.42 Å². The zero-order chi connectivity index (χ0) is 20.3. The number of rotatable bonds is 1. The van der Waals surface area contributed by atoms with Gasteiger partial charge < -0.3 is 19.7 Å². The van der Waals surface area contributed by atoms with Crippen LogP contribution in [0.2, 0.25) is 0 Å². The van der Waals surface area contributed by atoms with Crippen LogP contribution >= 0.6 is 0 Å². The molecule has 0 atom stereocenters. The maximum Gasteiger partial charge on any atom is 0.204 e. The average molecular weight is 384 g/mol. The molecule has 29 heavy (non-hydrogen) atoms. The lowest BCUT2D eigenvalue weighted by Gasteiger charge is -2.14. The molecule has 0 bridgehead atoms. The molecule has 3 N–H and O–H groups in total. The van der Waals surface area contributed by atoms with E-state index >= 15 is 0 Å². The first kappa shape index (κ1) is 17.1. The third-order valence-electron chi connectivity index (χ3n) is 5.23. The van der Waals surface area contributed by atoms with Gasteiger partial charge in [0, 0.05) is 11.6 Å². The molecule has 5 heteroatoms. The summed E-state index contributed by atoms with van der Waals surface area (Å²) in [5.41, 5.74) is 1.17. The van der Waals surface area contributed by atoms with Crippen LogP contribution in [0.15, 0.2) is 69.9 Å². The summed E-state index contributed by atoms with van der Waals surface area (Å²) in [6, 6.07) is 17.0. The molecule has 0 aliphatic rings. The van der Waals surface area contributed by atoms with Crippen LogP contribution in [0.5, 0.6) is 17.2 Å². The average Bonchev–Trinajstić information content (AvgIpc) is 2.70. The highest BCUT2D eigenvalue weighted by Crippen LogP contribution is 2.48. The van der Waals surface area contributed by atoms with Gasteiger partial charge in [0.15, 0.2) is 0 Å². The molecule has 0 radical (unpaired) electrons. The molecule has 0 fully saturated rings. The van der Waals surface area contributed by atoms with Crippen molar-refractivity contribution in [3.63, 3.8) is 0 Å². The Bertz CT molecular complexity index is 1510. The number of aryl methyl sites for hydroxylation is 1. The number of hydrogen-bond acceptors (Lipinski definition) is 5. The fraction of sp³-hybridized carbons (Fsp3) is 0.0417. The second-order valence-corrected chi connectivity index (χ2v) is 7.10. The van der Waals surface area contributed by atoms with E-state index in [2.05, 4.69) is 0 Å². The summed E-state index contributed by atoms with van der Waals surface area (Å²) in [4.78, 5) is 13.1. The van der Waals surface area contributed by atoms with Gasteiger partial charge in [0.25, 0.3) is 0 Å². The number of fused-ring (bicyclic) bond motifs is 3. The van der Waals surface area contributed by atoms with Crippen LogP contribution in [-0.2, 0) is 0 Å². The Hall–Kier alpha value is -3.99. The first-order chi connectivity index (χ1) is 14.0. The van der Waals surface area contributed by atoms with Gasteiger partial charge in [0.1, 0.15) is 33.8 Å². The molecule has 142 valence electrons. The minimum Gasteiger partial charge on any atom is -0.507 e. The Balaban J connectivity index is 1.97. The molecule has 0 unspecified atom stereocenters. The number of benzene rings is 4. The SMILES string of the molecule is Cc1ccc2oc3cc(O)c(-c4c(O)ccc5ccccc45)c(O)c3c(=O)c2c1. The van der Waals surface area contributed by atoms with Crippen molar-refractivity contribution in [1.29, 1.82) is 0 Å². The Kier molecular flexibility index (Phi) is 3.55. The van der Waals surface area contributed by atoms with Crippen LogP contribution in [0.4, 0.5) is 0 Å². The molecular weight excluding hydrogens is 368 g/mol. The minimum atomic E-state index is -0.427. The highest BCUT2D eigenvalue weighted by molar-refractivity contribution is 6.07. The first-order valence-corrected chi connectivity index (χ1v) is 9.09. The molecule has 0 aliphatic heterocycles. The topological polar surface area (TPSA) is 90.9 Å². The van der Waals surface area contributed by atoms with Gasteiger partial charge in [-0.2, -0.15) is 0 Å². The predicted octanol–water partition coefficient (Wildman–Crippen LogP) is 5.19. The summed E-state index contributed by atoms with van der Waals surface area (Å²) in [7, 11) is 0. The summed E-state index contributed by atoms with van der Waals surface area (Å²) in [6.07, 6.45) is 0. The smallest absolute Gasteiger partial charge is 0.204 e. The Morgan fingerprint density at radius 2 is 1.55 bits per heavy atom. The highest BCUT2D eigenvalue weighted by atomic mass is 16.3. The number of aromatic hydroxyl groups is 3. The normalized spacial score (nSPS) is 11.5. The van der Waals surface area contributed by atoms with Crippen molar-refractivity contribution in [1.82, 2.24) is 0 Å². The zero-order valence-electron chi connectivity index (χ0n) is 15.4. The maximum absolute atomic E-state index is 13.1. The molecule has 1 aromatic heterocycles. The third kappa shape index (κ3) is 2.44. The number of phenols is 3. The molecule has 5 nitrogen and oxygen atoms in total. The Morgan fingerprint density at radius 1 is 0.759 bits per heavy atom. The van der Waals surface area contributed by atoms with Crippen LogP contribution in [0, 0.1) is 6.92 Å². The van der Waals surface area contributed by atoms with E-state index in [0.717, 1.165) is 10.9 Å². The summed E-state index contributed by atoms with van der Waals surface area (Å²) in [5, 5.41) is 34.0. The fourth-order valence-corrected chi connectivity index (χ4v) is 3.86. The van der Waals surface area contributed by atoms with E-state index < -0.39 is 11.2 Å². The molecule has 1 heterocycles. The summed E-state index contributed by atoms with van der Waals surface area (Å²) in [5.74, 6) is -0.838.